The molecule has 1 rings (SSSR count). The molecule has 98 valence electrons. The van der Waals surface area contributed by atoms with E-state index in [4.69, 9.17) is 0 Å². The number of hydrogen-bond acceptors (Lipinski definition) is 5. The average Bonchev–Trinajstić information content (AvgIpc) is 2.66. The van der Waals surface area contributed by atoms with Crippen LogP contribution < -0.4 is 5.32 Å². The van der Waals surface area contributed by atoms with Crippen LogP contribution >= 0.6 is 11.8 Å². The third-order valence-electron chi connectivity index (χ3n) is 3.11. The Morgan fingerprint density at radius 1 is 1.47 bits per heavy atom. The number of nitrogens with zero attached hydrogens (tertiary/aromatic N) is 3. The number of likely N-dealkylation sites (N-methyl/N-ethyl adjacent to an activating group) is 1. The van der Waals surface area contributed by atoms with Gasteiger partial charge in [-0.3, -0.25) is 0 Å². The van der Waals surface area contributed by atoms with Gasteiger partial charge < -0.3 is 15.0 Å². The third kappa shape index (κ3) is 3.97. The van der Waals surface area contributed by atoms with Crippen molar-refractivity contribution in [3.8, 4) is 0 Å². The summed E-state index contributed by atoms with van der Waals surface area (Å²) in [7, 11) is 3.86. The molecule has 0 amide bonds. The first-order chi connectivity index (χ1) is 8.02. The Balaban J connectivity index is 2.31. The van der Waals surface area contributed by atoms with Crippen LogP contribution in [0.2, 0.25) is 0 Å². The molecule has 0 saturated heterocycles. The Labute approximate surface area is 107 Å². The van der Waals surface area contributed by atoms with Crippen LogP contribution in [0.5, 0.6) is 0 Å². The van der Waals surface area contributed by atoms with Gasteiger partial charge in [0, 0.05) is 18.3 Å². The maximum atomic E-state index is 9.25. The number of aliphatic hydroxyl groups excluding tert-OH is 1. The van der Waals surface area contributed by atoms with Crippen LogP contribution in [0.25, 0.3) is 0 Å². The standard InChI is InChI=1S/C11H22N4OS/c1-9-13-14-10(15(9)4)17-7-5-6-11(2,8-16)12-3/h12,16H,5-8H2,1-4H3. The second-order valence-corrected chi connectivity index (χ2v) is 5.57. The van der Waals surface area contributed by atoms with Gasteiger partial charge in [-0.05, 0) is 33.7 Å². The predicted molar refractivity (Wildman–Crippen MR) is 70.2 cm³/mol. The Kier molecular flexibility index (Phi) is 5.42. The maximum Gasteiger partial charge on any atom is 0.190 e. The van der Waals surface area contributed by atoms with Crippen LogP contribution in [0.15, 0.2) is 5.16 Å². The molecule has 0 aliphatic carbocycles. The van der Waals surface area contributed by atoms with Crippen LogP contribution in [0, 0.1) is 6.92 Å². The van der Waals surface area contributed by atoms with Crippen molar-refractivity contribution in [3.63, 3.8) is 0 Å². The third-order valence-corrected chi connectivity index (χ3v) is 4.22. The van der Waals surface area contributed by atoms with Crippen LogP contribution in [0.3, 0.4) is 0 Å². The first kappa shape index (κ1) is 14.5. The molecule has 0 aromatic carbocycles. The lowest BCUT2D eigenvalue weighted by Crippen LogP contribution is -2.43. The van der Waals surface area contributed by atoms with Crippen molar-refractivity contribution in [3.05, 3.63) is 5.82 Å². The van der Waals surface area contributed by atoms with Gasteiger partial charge in [0.25, 0.3) is 0 Å². The van der Waals surface area contributed by atoms with Crippen molar-refractivity contribution in [2.24, 2.45) is 7.05 Å². The molecule has 1 unspecified atom stereocenters. The summed E-state index contributed by atoms with van der Waals surface area (Å²) in [6.45, 7) is 4.14. The molecule has 1 aromatic rings. The van der Waals surface area contributed by atoms with Gasteiger partial charge in [0.05, 0.1) is 6.61 Å². The van der Waals surface area contributed by atoms with E-state index in [1.165, 1.54) is 0 Å². The molecule has 0 aliphatic rings. The molecule has 0 aliphatic heterocycles. The molecule has 0 fully saturated rings. The van der Waals surface area contributed by atoms with E-state index in [-0.39, 0.29) is 12.1 Å². The van der Waals surface area contributed by atoms with E-state index >= 15 is 0 Å². The van der Waals surface area contributed by atoms with Gasteiger partial charge in [-0.2, -0.15) is 0 Å². The molecular weight excluding hydrogens is 236 g/mol. The highest BCUT2D eigenvalue weighted by atomic mass is 32.2. The minimum absolute atomic E-state index is 0.164. The molecule has 5 nitrogen and oxygen atoms in total. The van der Waals surface area contributed by atoms with Gasteiger partial charge in [0.1, 0.15) is 5.82 Å². The van der Waals surface area contributed by atoms with E-state index in [2.05, 4.69) is 15.5 Å². The Morgan fingerprint density at radius 3 is 2.65 bits per heavy atom. The maximum absolute atomic E-state index is 9.25. The molecular formula is C11H22N4OS. The zero-order chi connectivity index (χ0) is 12.9. The number of aryl methyl sites for hydroxylation is 1. The monoisotopic (exact) mass is 258 g/mol. The molecule has 0 radical (unpaired) electrons. The van der Waals surface area contributed by atoms with E-state index in [9.17, 15) is 5.11 Å². The SMILES string of the molecule is CNC(C)(CO)CCCSc1nnc(C)n1C. The number of thioether (sulfide) groups is 1. The first-order valence-electron chi connectivity index (χ1n) is 5.81. The van der Waals surface area contributed by atoms with Gasteiger partial charge in [0.15, 0.2) is 5.16 Å². The molecule has 2 N–H and O–H groups in total. The van der Waals surface area contributed by atoms with Gasteiger partial charge >= 0.3 is 0 Å². The van der Waals surface area contributed by atoms with Crippen LogP contribution in [0.1, 0.15) is 25.6 Å². The van der Waals surface area contributed by atoms with E-state index in [1.54, 1.807) is 11.8 Å². The second-order valence-electron chi connectivity index (χ2n) is 4.51. The van der Waals surface area contributed by atoms with Crippen molar-refractivity contribution >= 4 is 11.8 Å². The lowest BCUT2D eigenvalue weighted by molar-refractivity contribution is 0.173. The number of aliphatic hydroxyl groups is 1. The fourth-order valence-electron chi connectivity index (χ4n) is 1.42. The van der Waals surface area contributed by atoms with E-state index in [0.29, 0.717) is 0 Å². The van der Waals surface area contributed by atoms with Gasteiger partial charge in [-0.1, -0.05) is 11.8 Å². The normalized spacial score (nSPS) is 14.9. The largest absolute Gasteiger partial charge is 0.394 e. The van der Waals surface area contributed by atoms with Crippen molar-refractivity contribution < 1.29 is 5.11 Å². The summed E-state index contributed by atoms with van der Waals surface area (Å²) in [6.07, 6.45) is 1.98. The fraction of sp³-hybridized carbons (Fsp3) is 0.818. The Bertz CT molecular complexity index is 349. The molecule has 6 heteroatoms. The van der Waals surface area contributed by atoms with E-state index in [0.717, 1.165) is 29.6 Å². The van der Waals surface area contributed by atoms with E-state index in [1.807, 2.05) is 32.5 Å². The molecule has 1 aromatic heterocycles. The summed E-state index contributed by atoms with van der Waals surface area (Å²) in [4.78, 5) is 0. The molecule has 0 bridgehead atoms. The molecule has 0 saturated carbocycles. The van der Waals surface area contributed by atoms with Crippen molar-refractivity contribution in [1.82, 2.24) is 20.1 Å². The minimum atomic E-state index is -0.170. The predicted octanol–water partition coefficient (Wildman–Crippen LogP) is 0.966. The van der Waals surface area contributed by atoms with Crippen LogP contribution in [-0.4, -0.2) is 44.8 Å². The highest BCUT2D eigenvalue weighted by Crippen LogP contribution is 2.19. The van der Waals surface area contributed by atoms with Gasteiger partial charge in [0.2, 0.25) is 0 Å². The lowest BCUT2D eigenvalue weighted by Gasteiger charge is -2.26. The van der Waals surface area contributed by atoms with Crippen molar-refractivity contribution in [2.75, 3.05) is 19.4 Å². The summed E-state index contributed by atoms with van der Waals surface area (Å²) >= 11 is 1.71. The van der Waals surface area contributed by atoms with Gasteiger partial charge in [-0.15, -0.1) is 10.2 Å². The number of hydrogen-bond donors (Lipinski definition) is 2. The number of rotatable bonds is 7. The van der Waals surface area contributed by atoms with Crippen molar-refractivity contribution in [2.45, 2.75) is 37.4 Å². The number of aromatic nitrogens is 3. The minimum Gasteiger partial charge on any atom is -0.394 e. The molecule has 1 atom stereocenters. The van der Waals surface area contributed by atoms with Gasteiger partial charge in [-0.25, -0.2) is 0 Å². The molecule has 0 spiro atoms. The number of nitrogens with one attached hydrogen (secondary N) is 1. The Hall–Kier alpha value is -0.590. The average molecular weight is 258 g/mol. The highest BCUT2D eigenvalue weighted by Gasteiger charge is 2.19. The topological polar surface area (TPSA) is 63.0 Å². The summed E-state index contributed by atoms with van der Waals surface area (Å²) < 4.78 is 1.99. The Morgan fingerprint density at radius 2 is 2.18 bits per heavy atom. The van der Waals surface area contributed by atoms with Crippen molar-refractivity contribution in [1.29, 1.82) is 0 Å². The summed E-state index contributed by atoms with van der Waals surface area (Å²) in [5.41, 5.74) is -0.170. The van der Waals surface area contributed by atoms with Crippen LogP contribution in [-0.2, 0) is 7.05 Å². The van der Waals surface area contributed by atoms with E-state index < -0.39 is 0 Å². The lowest BCUT2D eigenvalue weighted by atomic mass is 9.98. The van der Waals surface area contributed by atoms with Crippen LogP contribution in [0.4, 0.5) is 0 Å². The zero-order valence-electron chi connectivity index (χ0n) is 11.0. The summed E-state index contributed by atoms with van der Waals surface area (Å²) in [6, 6.07) is 0. The zero-order valence-corrected chi connectivity index (χ0v) is 11.8. The summed E-state index contributed by atoms with van der Waals surface area (Å²) in [5.74, 6) is 1.92. The molecule has 17 heavy (non-hydrogen) atoms. The molecule has 1 heterocycles. The summed E-state index contributed by atoms with van der Waals surface area (Å²) in [5, 5.41) is 21.5. The highest BCUT2D eigenvalue weighted by molar-refractivity contribution is 7.99. The smallest absolute Gasteiger partial charge is 0.190 e. The first-order valence-corrected chi connectivity index (χ1v) is 6.79. The quantitative estimate of drug-likeness (QED) is 0.563. The second kappa shape index (κ2) is 6.37. The fourth-order valence-corrected chi connectivity index (χ4v) is 2.32.